The fourth-order valence-electron chi connectivity index (χ4n) is 8.80. The Bertz CT molecular complexity index is 3240. The summed E-state index contributed by atoms with van der Waals surface area (Å²) in [6, 6.07) is -18.2. The van der Waals surface area contributed by atoms with Gasteiger partial charge in [0.2, 0.25) is 59.1 Å². The van der Waals surface area contributed by atoms with E-state index in [2.05, 4.69) is 79.8 Å². The predicted molar refractivity (Wildman–Crippen MR) is 340 cm³/mol. The Kier molecular flexibility index (Phi) is 38.6. The normalized spacial score (nSPS) is 22.2. The largest absolute Gasteiger partial charge is 0.391 e. The van der Waals surface area contributed by atoms with Crippen molar-refractivity contribution in [1.29, 1.82) is 0 Å². The van der Waals surface area contributed by atoms with Crippen molar-refractivity contribution in [3.8, 4) is 0 Å². The van der Waals surface area contributed by atoms with Crippen molar-refractivity contribution >= 4 is 110 Å². The van der Waals surface area contributed by atoms with Gasteiger partial charge in [-0.1, -0.05) is 27.7 Å². The van der Waals surface area contributed by atoms with Gasteiger partial charge in [-0.25, -0.2) is 0 Å². The van der Waals surface area contributed by atoms with E-state index in [0.29, 0.717) is 0 Å². The number of nitrogens with one attached hydrogen (secondary N) is 15. The summed E-state index contributed by atoms with van der Waals surface area (Å²) >= 11 is 0. The number of rotatable bonds is 37. The van der Waals surface area contributed by atoms with Gasteiger partial charge in [0.25, 0.3) is 50.6 Å². The smallest absolute Gasteiger partial charge is 0.278 e. The highest BCUT2D eigenvalue weighted by molar-refractivity contribution is 7.86. The molecule has 12 atom stereocenters. The summed E-state index contributed by atoms with van der Waals surface area (Å²) in [7, 11) is -23.3. The Labute approximate surface area is 561 Å². The molecule has 10 amide bonds. The fraction of sp³-hybridized carbons (Fsp3) is 0.796. The lowest BCUT2D eigenvalue weighted by Crippen LogP contribution is -2.62. The zero-order valence-electron chi connectivity index (χ0n) is 53.9. The summed E-state index contributed by atoms with van der Waals surface area (Å²) in [5.41, 5.74) is 5.90. The number of carbonyl (C=O) groups excluding carboxylic acids is 10. The molecular weight excluding hydrogens is 1400 g/mol. The molecule has 24 N–H and O–H groups in total. The van der Waals surface area contributed by atoms with Crippen LogP contribution in [0, 0.1) is 11.8 Å². The maximum absolute atomic E-state index is 14.7. The zero-order chi connectivity index (χ0) is 74.4. The average Bonchev–Trinajstić information content (AvgIpc) is 1.06. The molecule has 43 nitrogen and oxygen atoms in total. The number of aliphatic hydroxyl groups excluding tert-OH is 2. The summed E-state index contributed by atoms with van der Waals surface area (Å²) in [5.74, 6) is -18.5. The fourth-order valence-corrected chi connectivity index (χ4v) is 10.8. The standard InChI is InChI=1S/C49H94N16O27S5/c1-26(2)19-36-46(74)60-31(8-14-52-22-94(81,82)83)41(69)58-34(11-17-55-25-97(90,91)92)45(73)65-38(28(5)66)48(76)56-18-12-35(43(71)57-32(9-15-53-23-95(84,85)86)44(72)62-37(20-27(3)4)47(75)63-36)59-42(70)33(10-16-54-24-96(87,88)89)61-49(77)39(29(6)67)64-40(68)30(50)7-13-51-21-93(78,79)80/h26-39,51-55,66-67H,7-25,50H2,1-6H3,(H,56,76)(H,57,71)(H,58,69)(H,59,70)(H,60,74)(H,61,77)(H,62,72)(H,63,75)(H,64,68)(H,65,73)(H,78,79,80)(H,81,82,83)(H,84,85,86)(H,87,88,89)(H,90,91,92). The Morgan fingerprint density at radius 1 is 0.454 bits per heavy atom. The number of hydrogen-bond donors (Lipinski definition) is 23. The molecule has 0 aromatic heterocycles. The SMILES string of the molecule is CC(C)CC1NC(=O)C(CCNCS(=O)(=O)O)NC(=O)C(NC(=O)C(CCNCS(=O)(=O)O)NC(=O)C(NC(=O)C(N)CCNCS(=O)(=O)O)C(C)O)CCNC(=O)C(C(C)O)NC(=O)C(CCNCS(=O)(=O)O)NC(=O)C(CCNCS(=O)(=O)O)NC(=O)C(CC(C)C)NC1=O. The zero-order valence-corrected chi connectivity index (χ0v) is 58.0. The minimum Gasteiger partial charge on any atom is -0.391 e. The van der Waals surface area contributed by atoms with Gasteiger partial charge in [0.05, 0.1) is 18.2 Å². The minimum absolute atomic E-state index is 0.199. The van der Waals surface area contributed by atoms with Crippen molar-refractivity contribution in [3.63, 3.8) is 0 Å². The first-order valence-corrected chi connectivity index (χ1v) is 38.0. The molecule has 1 fully saturated rings. The minimum atomic E-state index is -4.74. The van der Waals surface area contributed by atoms with Crippen LogP contribution in [0.15, 0.2) is 0 Å². The topological polar surface area (TPSA) is 689 Å². The first-order valence-electron chi connectivity index (χ1n) is 30.0. The van der Waals surface area contributed by atoms with Crippen LogP contribution >= 0.6 is 0 Å². The van der Waals surface area contributed by atoms with Crippen molar-refractivity contribution in [1.82, 2.24) is 79.8 Å². The molecule has 1 saturated heterocycles. The van der Waals surface area contributed by atoms with E-state index in [-0.39, 0.29) is 25.8 Å². The van der Waals surface area contributed by atoms with Crippen LogP contribution in [0.1, 0.15) is 92.9 Å². The van der Waals surface area contributed by atoms with Crippen molar-refractivity contribution in [2.75, 3.05) is 68.7 Å². The quantitative estimate of drug-likeness (QED) is 0.0203. The van der Waals surface area contributed by atoms with Crippen LogP contribution in [-0.4, -0.2) is 275 Å². The maximum Gasteiger partial charge on any atom is 0.278 e. The molecule has 0 radical (unpaired) electrons. The van der Waals surface area contributed by atoms with Gasteiger partial charge in [-0.3, -0.25) is 70.7 Å². The van der Waals surface area contributed by atoms with Crippen LogP contribution in [0.5, 0.6) is 0 Å². The van der Waals surface area contributed by atoms with Crippen molar-refractivity contribution < 1.29 is 123 Å². The van der Waals surface area contributed by atoms with Gasteiger partial charge in [0.1, 0.15) is 83.8 Å². The van der Waals surface area contributed by atoms with Gasteiger partial charge in [0, 0.05) is 6.54 Å². The van der Waals surface area contributed by atoms with Gasteiger partial charge < -0.3 is 95.7 Å². The van der Waals surface area contributed by atoms with Crippen LogP contribution in [0.2, 0.25) is 0 Å². The van der Waals surface area contributed by atoms with Crippen LogP contribution in [0.4, 0.5) is 0 Å². The van der Waals surface area contributed by atoms with Gasteiger partial charge in [-0.05, 0) is 110 Å². The summed E-state index contributed by atoms with van der Waals surface area (Å²) in [6.45, 7) is 5.39. The van der Waals surface area contributed by atoms with Crippen LogP contribution < -0.4 is 85.5 Å². The molecule has 1 heterocycles. The van der Waals surface area contributed by atoms with Gasteiger partial charge in [-0.15, -0.1) is 0 Å². The Morgan fingerprint density at radius 2 is 0.794 bits per heavy atom. The number of carbonyl (C=O) groups is 10. The number of hydrogen-bond acceptors (Lipinski definition) is 28. The second kappa shape index (κ2) is 42.1. The van der Waals surface area contributed by atoms with Crippen LogP contribution in [-0.2, 0) is 98.5 Å². The molecule has 0 saturated carbocycles. The first-order chi connectivity index (χ1) is 44.6. The highest BCUT2D eigenvalue weighted by Gasteiger charge is 2.38. The van der Waals surface area contributed by atoms with E-state index in [9.17, 15) is 118 Å². The van der Waals surface area contributed by atoms with Gasteiger partial charge in [-0.2, -0.15) is 42.1 Å². The molecule has 1 rings (SSSR count). The third kappa shape index (κ3) is 39.9. The Hall–Kier alpha value is -6.07. The summed E-state index contributed by atoms with van der Waals surface area (Å²) < 4.78 is 161. The molecule has 562 valence electrons. The van der Waals surface area contributed by atoms with Gasteiger partial charge >= 0.3 is 0 Å². The maximum atomic E-state index is 14.7. The molecule has 0 spiro atoms. The highest BCUT2D eigenvalue weighted by Crippen LogP contribution is 2.12. The molecule has 12 unspecified atom stereocenters. The summed E-state index contributed by atoms with van der Waals surface area (Å²) in [4.78, 5) is 142. The Balaban J connectivity index is 4.29. The first kappa shape index (κ1) is 88.9. The van der Waals surface area contributed by atoms with Crippen LogP contribution in [0.3, 0.4) is 0 Å². The lowest BCUT2D eigenvalue weighted by atomic mass is 9.99. The average molecular weight is 1500 g/mol. The van der Waals surface area contributed by atoms with E-state index in [1.165, 1.54) is 0 Å². The van der Waals surface area contributed by atoms with E-state index in [4.69, 9.17) is 10.3 Å². The number of nitrogens with two attached hydrogens (primary N) is 1. The molecule has 48 heteroatoms. The van der Waals surface area contributed by atoms with Crippen molar-refractivity contribution in [3.05, 3.63) is 0 Å². The van der Waals surface area contributed by atoms with E-state index >= 15 is 0 Å². The number of aliphatic hydroxyl groups is 2. The van der Waals surface area contributed by atoms with E-state index < -0.39 is 288 Å². The summed E-state index contributed by atoms with van der Waals surface area (Å²) in [5, 5.41) is 56.4. The molecule has 0 aromatic rings. The monoisotopic (exact) mass is 1500 g/mol. The molecular formula is C49H94N16O27S5. The molecule has 1 aliphatic rings. The lowest BCUT2D eigenvalue weighted by molar-refractivity contribution is -0.136. The number of amides is 10. The summed E-state index contributed by atoms with van der Waals surface area (Å²) in [6.07, 6.45) is -7.55. The third-order valence-corrected chi connectivity index (χ3v) is 16.4. The molecule has 97 heavy (non-hydrogen) atoms. The second-order valence-corrected chi connectivity index (χ2v) is 30.7. The molecule has 0 bridgehead atoms. The molecule has 0 aliphatic carbocycles. The van der Waals surface area contributed by atoms with Crippen molar-refractivity contribution in [2.45, 2.75) is 166 Å². The lowest BCUT2D eigenvalue weighted by Gasteiger charge is -2.29. The highest BCUT2D eigenvalue weighted by atomic mass is 32.2. The predicted octanol–water partition coefficient (Wildman–Crippen LogP) is -10.8. The third-order valence-electron chi connectivity index (χ3n) is 13.5. The Morgan fingerprint density at radius 3 is 1.15 bits per heavy atom. The van der Waals surface area contributed by atoms with E-state index in [1.807, 2.05) is 0 Å². The van der Waals surface area contributed by atoms with Crippen molar-refractivity contribution in [2.24, 2.45) is 17.6 Å². The van der Waals surface area contributed by atoms with Gasteiger partial charge in [0.15, 0.2) is 0 Å². The molecule has 0 aromatic carbocycles. The second-order valence-electron chi connectivity index (χ2n) is 23.4. The van der Waals surface area contributed by atoms with E-state index in [0.717, 1.165) is 13.8 Å². The molecule has 1 aliphatic heterocycles. The van der Waals surface area contributed by atoms with Crippen LogP contribution in [0.25, 0.3) is 0 Å². The van der Waals surface area contributed by atoms with E-state index in [1.54, 1.807) is 27.7 Å².